The van der Waals surface area contributed by atoms with Gasteiger partial charge in [-0.3, -0.25) is 4.79 Å². The Labute approximate surface area is 70.0 Å². The molecule has 0 radical (unpaired) electrons. The fourth-order valence-electron chi connectivity index (χ4n) is 0.824. The monoisotopic (exact) mass is 165 g/mol. The average Bonchev–Trinajstić information content (AvgIpc) is 2.04. The van der Waals surface area contributed by atoms with Crippen LogP contribution in [0.2, 0.25) is 0 Å². The van der Waals surface area contributed by atoms with Gasteiger partial charge in [-0.25, -0.2) is 0 Å². The van der Waals surface area contributed by atoms with Crippen LogP contribution in [-0.4, -0.2) is 11.3 Å². The highest BCUT2D eigenvalue weighted by atomic mass is 32.1. The van der Waals surface area contributed by atoms with Gasteiger partial charge in [0.15, 0.2) is 6.29 Å². The van der Waals surface area contributed by atoms with E-state index in [1.165, 1.54) is 0 Å². The SMILES string of the molecule is NC(=S)c1ccccc1C=O. The average molecular weight is 165 g/mol. The molecule has 0 heterocycles. The van der Waals surface area contributed by atoms with Crippen molar-refractivity contribution in [1.29, 1.82) is 0 Å². The van der Waals surface area contributed by atoms with Crippen molar-refractivity contribution < 1.29 is 4.79 Å². The molecule has 0 aliphatic rings. The second-order valence-corrected chi connectivity index (χ2v) is 2.51. The molecule has 1 aromatic rings. The lowest BCUT2D eigenvalue weighted by Crippen LogP contribution is -2.11. The molecule has 0 aromatic heterocycles. The van der Waals surface area contributed by atoms with Gasteiger partial charge in [-0.2, -0.15) is 0 Å². The van der Waals surface area contributed by atoms with Gasteiger partial charge in [0.25, 0.3) is 0 Å². The quantitative estimate of drug-likeness (QED) is 0.527. The zero-order chi connectivity index (χ0) is 8.27. The summed E-state index contributed by atoms with van der Waals surface area (Å²) in [4.78, 5) is 10.7. The zero-order valence-electron chi connectivity index (χ0n) is 5.78. The van der Waals surface area contributed by atoms with E-state index >= 15 is 0 Å². The molecule has 2 nitrogen and oxygen atoms in total. The van der Waals surface area contributed by atoms with Crippen molar-refractivity contribution in [1.82, 2.24) is 0 Å². The first-order valence-electron chi connectivity index (χ1n) is 3.09. The van der Waals surface area contributed by atoms with Crippen LogP contribution in [0.25, 0.3) is 0 Å². The molecular weight excluding hydrogens is 158 g/mol. The molecule has 1 aromatic carbocycles. The van der Waals surface area contributed by atoms with Crippen LogP contribution in [0.5, 0.6) is 0 Å². The Kier molecular flexibility index (Phi) is 2.33. The maximum atomic E-state index is 10.4. The first-order chi connectivity index (χ1) is 5.25. The Hall–Kier alpha value is -1.22. The van der Waals surface area contributed by atoms with Crippen molar-refractivity contribution >= 4 is 23.5 Å². The van der Waals surface area contributed by atoms with Gasteiger partial charge in [0, 0.05) is 11.1 Å². The number of benzene rings is 1. The summed E-state index contributed by atoms with van der Waals surface area (Å²) in [6, 6.07) is 6.97. The molecule has 0 saturated carbocycles. The third kappa shape index (κ3) is 1.62. The van der Waals surface area contributed by atoms with Crippen molar-refractivity contribution in [2.24, 2.45) is 5.73 Å². The molecule has 0 amide bonds. The molecule has 3 heteroatoms. The number of rotatable bonds is 2. The van der Waals surface area contributed by atoms with Gasteiger partial charge < -0.3 is 5.73 Å². The topological polar surface area (TPSA) is 43.1 Å². The number of carbonyl (C=O) groups is 1. The summed E-state index contributed by atoms with van der Waals surface area (Å²) in [5.74, 6) is 0. The Balaban J connectivity index is 3.22. The number of carbonyl (C=O) groups excluding carboxylic acids is 1. The van der Waals surface area contributed by atoms with E-state index in [2.05, 4.69) is 0 Å². The molecule has 0 unspecified atom stereocenters. The largest absolute Gasteiger partial charge is 0.389 e. The van der Waals surface area contributed by atoms with Crippen LogP contribution in [0, 0.1) is 0 Å². The van der Waals surface area contributed by atoms with Crippen LogP contribution in [-0.2, 0) is 0 Å². The highest BCUT2D eigenvalue weighted by Crippen LogP contribution is 2.04. The van der Waals surface area contributed by atoms with Gasteiger partial charge in [0.05, 0.1) is 0 Å². The number of aldehydes is 1. The van der Waals surface area contributed by atoms with Gasteiger partial charge in [-0.05, 0) is 0 Å². The molecule has 0 bridgehead atoms. The lowest BCUT2D eigenvalue weighted by molar-refractivity contribution is 0.112. The standard InChI is InChI=1S/C8H7NOS/c9-8(11)7-4-2-1-3-6(7)5-10/h1-5H,(H2,9,11). The van der Waals surface area contributed by atoms with Crippen LogP contribution >= 0.6 is 12.2 Å². The molecule has 0 spiro atoms. The Morgan fingerprint density at radius 1 is 1.45 bits per heavy atom. The Morgan fingerprint density at radius 3 is 2.55 bits per heavy atom. The molecule has 2 N–H and O–H groups in total. The lowest BCUT2D eigenvalue weighted by atomic mass is 10.1. The molecule has 0 fully saturated rings. The number of thiocarbonyl (C=S) groups is 1. The van der Waals surface area contributed by atoms with Crippen LogP contribution in [0.3, 0.4) is 0 Å². The first kappa shape index (κ1) is 7.88. The van der Waals surface area contributed by atoms with Gasteiger partial charge in [-0.1, -0.05) is 36.5 Å². The van der Waals surface area contributed by atoms with E-state index in [4.69, 9.17) is 18.0 Å². The summed E-state index contributed by atoms with van der Waals surface area (Å²) in [7, 11) is 0. The number of nitrogens with two attached hydrogens (primary N) is 1. The normalized spacial score (nSPS) is 9.09. The van der Waals surface area contributed by atoms with Crippen molar-refractivity contribution in [3.8, 4) is 0 Å². The predicted octanol–water partition coefficient (Wildman–Crippen LogP) is 1.13. The fourth-order valence-corrected chi connectivity index (χ4v) is 1.01. The summed E-state index contributed by atoms with van der Waals surface area (Å²) in [6.45, 7) is 0. The van der Waals surface area contributed by atoms with E-state index < -0.39 is 0 Å². The van der Waals surface area contributed by atoms with Crippen LogP contribution in [0.1, 0.15) is 15.9 Å². The molecule has 0 atom stereocenters. The maximum absolute atomic E-state index is 10.4. The summed E-state index contributed by atoms with van der Waals surface area (Å²) in [5.41, 5.74) is 6.54. The Bertz CT molecular complexity index is 296. The predicted molar refractivity (Wildman–Crippen MR) is 47.7 cm³/mol. The zero-order valence-corrected chi connectivity index (χ0v) is 6.60. The van der Waals surface area contributed by atoms with Crippen molar-refractivity contribution in [3.05, 3.63) is 35.4 Å². The summed E-state index contributed by atoms with van der Waals surface area (Å²) < 4.78 is 0. The minimum atomic E-state index is 0.257. The lowest BCUT2D eigenvalue weighted by Gasteiger charge is -1.99. The van der Waals surface area contributed by atoms with Crippen LogP contribution in [0.4, 0.5) is 0 Å². The second kappa shape index (κ2) is 3.25. The van der Waals surface area contributed by atoms with Crippen LogP contribution < -0.4 is 5.73 Å². The minimum Gasteiger partial charge on any atom is -0.389 e. The summed E-state index contributed by atoms with van der Waals surface area (Å²) in [5, 5.41) is 0. The Morgan fingerprint density at radius 2 is 2.09 bits per heavy atom. The highest BCUT2D eigenvalue weighted by Gasteiger charge is 2.00. The van der Waals surface area contributed by atoms with E-state index in [1.54, 1.807) is 24.3 Å². The van der Waals surface area contributed by atoms with Crippen molar-refractivity contribution in [2.45, 2.75) is 0 Å². The smallest absolute Gasteiger partial charge is 0.150 e. The van der Waals surface area contributed by atoms with E-state index in [-0.39, 0.29) is 4.99 Å². The second-order valence-electron chi connectivity index (χ2n) is 2.07. The van der Waals surface area contributed by atoms with E-state index in [1.807, 2.05) is 0 Å². The molecule has 0 aliphatic carbocycles. The summed E-state index contributed by atoms with van der Waals surface area (Å²) in [6.07, 6.45) is 0.745. The molecule has 56 valence electrons. The van der Waals surface area contributed by atoms with Gasteiger partial charge in [-0.15, -0.1) is 0 Å². The molecule has 11 heavy (non-hydrogen) atoms. The van der Waals surface area contributed by atoms with Gasteiger partial charge in [0.1, 0.15) is 4.99 Å². The van der Waals surface area contributed by atoms with Crippen molar-refractivity contribution in [2.75, 3.05) is 0 Å². The molecule has 1 rings (SSSR count). The third-order valence-corrected chi connectivity index (χ3v) is 1.57. The molecular formula is C8H7NOS. The number of hydrogen-bond donors (Lipinski definition) is 1. The maximum Gasteiger partial charge on any atom is 0.150 e. The third-order valence-electron chi connectivity index (χ3n) is 1.35. The van der Waals surface area contributed by atoms with E-state index in [0.29, 0.717) is 11.1 Å². The van der Waals surface area contributed by atoms with E-state index in [0.717, 1.165) is 6.29 Å². The molecule has 0 saturated heterocycles. The first-order valence-corrected chi connectivity index (χ1v) is 3.50. The van der Waals surface area contributed by atoms with Gasteiger partial charge >= 0.3 is 0 Å². The minimum absolute atomic E-state index is 0.257. The number of hydrogen-bond acceptors (Lipinski definition) is 2. The highest BCUT2D eigenvalue weighted by molar-refractivity contribution is 7.80. The summed E-state index contributed by atoms with van der Waals surface area (Å²) >= 11 is 4.73. The van der Waals surface area contributed by atoms with E-state index in [9.17, 15) is 4.79 Å². The van der Waals surface area contributed by atoms with Crippen molar-refractivity contribution in [3.63, 3.8) is 0 Å². The fraction of sp³-hybridized carbons (Fsp3) is 0. The molecule has 0 aliphatic heterocycles. The van der Waals surface area contributed by atoms with Gasteiger partial charge in [0.2, 0.25) is 0 Å². The van der Waals surface area contributed by atoms with Crippen LogP contribution in [0.15, 0.2) is 24.3 Å².